The zero-order valence-electron chi connectivity index (χ0n) is 10.7. The Bertz CT molecular complexity index is 367. The molecule has 1 aromatic heterocycles. The maximum Gasteiger partial charge on any atom is 0.248 e. The lowest BCUT2D eigenvalue weighted by Crippen LogP contribution is -2.29. The number of aromatic nitrogens is 1. The van der Waals surface area contributed by atoms with Gasteiger partial charge in [0.15, 0.2) is 0 Å². The molecule has 2 nitrogen and oxygen atoms in total. The molecule has 0 spiro atoms. The lowest BCUT2D eigenvalue weighted by Gasteiger charge is -2.31. The van der Waals surface area contributed by atoms with Crippen molar-refractivity contribution < 1.29 is 8.78 Å². The third kappa shape index (κ3) is 3.48. The number of halogens is 2. The molecule has 4 heteroatoms. The molecule has 1 aromatic rings. The fraction of sp³-hybridized carbons (Fsp3) is 0.643. The van der Waals surface area contributed by atoms with Crippen LogP contribution in [0, 0.1) is 5.92 Å². The minimum atomic E-state index is -2.47. The van der Waals surface area contributed by atoms with Gasteiger partial charge in [0.05, 0.1) is 5.69 Å². The van der Waals surface area contributed by atoms with E-state index in [0.29, 0.717) is 6.42 Å². The zero-order chi connectivity index (χ0) is 13.0. The van der Waals surface area contributed by atoms with Crippen molar-refractivity contribution in [2.75, 3.05) is 7.05 Å². The second kappa shape index (κ2) is 5.74. The normalized spacial score (nSPS) is 24.7. The molecule has 2 unspecified atom stereocenters. The molecule has 1 heterocycles. The van der Waals surface area contributed by atoms with Crippen LogP contribution in [0.15, 0.2) is 24.4 Å². The highest BCUT2D eigenvalue weighted by Crippen LogP contribution is 2.39. The van der Waals surface area contributed by atoms with Crippen molar-refractivity contribution in [1.82, 2.24) is 10.3 Å². The van der Waals surface area contributed by atoms with Crippen molar-refractivity contribution in [3.63, 3.8) is 0 Å². The Morgan fingerprint density at radius 2 is 2.33 bits per heavy atom. The van der Waals surface area contributed by atoms with E-state index in [1.807, 2.05) is 25.2 Å². The Labute approximate surface area is 107 Å². The highest BCUT2D eigenvalue weighted by molar-refractivity contribution is 5.08. The van der Waals surface area contributed by atoms with E-state index in [9.17, 15) is 8.78 Å². The van der Waals surface area contributed by atoms with Crippen molar-refractivity contribution in [2.24, 2.45) is 5.92 Å². The quantitative estimate of drug-likeness (QED) is 0.888. The molecule has 1 fully saturated rings. The van der Waals surface area contributed by atoms with Crippen molar-refractivity contribution in [2.45, 2.75) is 44.1 Å². The van der Waals surface area contributed by atoms with E-state index < -0.39 is 5.92 Å². The van der Waals surface area contributed by atoms with Gasteiger partial charge in [-0.15, -0.1) is 0 Å². The molecule has 0 amide bonds. The summed E-state index contributed by atoms with van der Waals surface area (Å²) in [7, 11) is 1.86. The lowest BCUT2D eigenvalue weighted by molar-refractivity contribution is -0.0548. The largest absolute Gasteiger partial charge is 0.312 e. The van der Waals surface area contributed by atoms with E-state index in [4.69, 9.17) is 0 Å². The molecule has 0 bridgehead atoms. The minimum absolute atomic E-state index is 0.0258. The second-order valence-corrected chi connectivity index (χ2v) is 5.15. The van der Waals surface area contributed by atoms with Crippen LogP contribution in [0.2, 0.25) is 0 Å². The monoisotopic (exact) mass is 254 g/mol. The van der Waals surface area contributed by atoms with Crippen LogP contribution in [-0.4, -0.2) is 18.0 Å². The van der Waals surface area contributed by atoms with Gasteiger partial charge < -0.3 is 5.32 Å². The fourth-order valence-corrected chi connectivity index (χ4v) is 2.78. The van der Waals surface area contributed by atoms with E-state index >= 15 is 0 Å². The number of nitrogens with one attached hydrogen (secondary N) is 1. The molecule has 1 aliphatic carbocycles. The first-order valence-electron chi connectivity index (χ1n) is 6.57. The van der Waals surface area contributed by atoms with Gasteiger partial charge in [0, 0.05) is 25.1 Å². The van der Waals surface area contributed by atoms with Gasteiger partial charge in [-0.3, -0.25) is 4.98 Å². The van der Waals surface area contributed by atoms with Crippen LogP contribution in [-0.2, 0) is 0 Å². The predicted molar refractivity (Wildman–Crippen MR) is 67.6 cm³/mol. The summed E-state index contributed by atoms with van der Waals surface area (Å²) in [6.45, 7) is 0. The number of hydrogen-bond acceptors (Lipinski definition) is 2. The van der Waals surface area contributed by atoms with Gasteiger partial charge >= 0.3 is 0 Å². The Morgan fingerprint density at radius 1 is 1.50 bits per heavy atom. The van der Waals surface area contributed by atoms with Crippen molar-refractivity contribution in [3.8, 4) is 0 Å². The van der Waals surface area contributed by atoms with Gasteiger partial charge in [-0.25, -0.2) is 8.78 Å². The van der Waals surface area contributed by atoms with Crippen LogP contribution in [0.1, 0.15) is 43.8 Å². The molecular formula is C14H20F2N2. The highest BCUT2D eigenvalue weighted by atomic mass is 19.3. The molecule has 0 saturated heterocycles. The van der Waals surface area contributed by atoms with Gasteiger partial charge in [-0.2, -0.15) is 0 Å². The van der Waals surface area contributed by atoms with Crippen LogP contribution < -0.4 is 5.32 Å². The lowest BCUT2D eigenvalue weighted by atomic mass is 9.82. The minimum Gasteiger partial charge on any atom is -0.312 e. The summed E-state index contributed by atoms with van der Waals surface area (Å²) in [5.41, 5.74) is 0.939. The van der Waals surface area contributed by atoms with Crippen LogP contribution >= 0.6 is 0 Å². The SMILES string of the molecule is CNC(CC1CCCC(F)(F)C1)c1ccccn1. The van der Waals surface area contributed by atoms with Crippen LogP contribution in [0.5, 0.6) is 0 Å². The molecule has 18 heavy (non-hydrogen) atoms. The molecule has 0 aromatic carbocycles. The molecule has 2 atom stereocenters. The zero-order valence-corrected chi connectivity index (χ0v) is 10.7. The van der Waals surface area contributed by atoms with Crippen molar-refractivity contribution in [1.29, 1.82) is 0 Å². The second-order valence-electron chi connectivity index (χ2n) is 5.15. The molecule has 1 saturated carbocycles. The molecule has 0 aliphatic heterocycles. The molecule has 1 N–H and O–H groups in total. The van der Waals surface area contributed by atoms with E-state index in [0.717, 1.165) is 18.5 Å². The van der Waals surface area contributed by atoms with Crippen molar-refractivity contribution >= 4 is 0 Å². The summed E-state index contributed by atoms with van der Waals surface area (Å²) >= 11 is 0. The molecule has 0 radical (unpaired) electrons. The third-order valence-electron chi connectivity index (χ3n) is 3.70. The van der Waals surface area contributed by atoms with Crippen LogP contribution in [0.4, 0.5) is 8.78 Å². The Morgan fingerprint density at radius 3 is 2.94 bits per heavy atom. The van der Waals surface area contributed by atoms with Gasteiger partial charge in [0.1, 0.15) is 0 Å². The molecule has 2 rings (SSSR count). The fourth-order valence-electron chi connectivity index (χ4n) is 2.78. The third-order valence-corrected chi connectivity index (χ3v) is 3.70. The van der Waals surface area contributed by atoms with Gasteiger partial charge in [-0.1, -0.05) is 6.07 Å². The van der Waals surface area contributed by atoms with E-state index in [1.165, 1.54) is 0 Å². The average Bonchev–Trinajstić information content (AvgIpc) is 2.36. The maximum absolute atomic E-state index is 13.4. The summed E-state index contributed by atoms with van der Waals surface area (Å²) in [6.07, 6.45) is 4.10. The number of hydrogen-bond donors (Lipinski definition) is 1. The Kier molecular flexibility index (Phi) is 4.27. The number of rotatable bonds is 4. The van der Waals surface area contributed by atoms with E-state index in [1.54, 1.807) is 6.20 Å². The first-order chi connectivity index (χ1) is 8.61. The number of pyridine rings is 1. The van der Waals surface area contributed by atoms with Gasteiger partial charge in [0.25, 0.3) is 0 Å². The molecule has 1 aliphatic rings. The topological polar surface area (TPSA) is 24.9 Å². The number of nitrogens with zero attached hydrogens (tertiary/aromatic N) is 1. The number of alkyl halides is 2. The van der Waals surface area contributed by atoms with Crippen molar-refractivity contribution in [3.05, 3.63) is 30.1 Å². The molecular weight excluding hydrogens is 234 g/mol. The Hall–Kier alpha value is -1.03. The van der Waals surface area contributed by atoms with E-state index in [2.05, 4.69) is 10.3 Å². The van der Waals surface area contributed by atoms with Crippen LogP contribution in [0.3, 0.4) is 0 Å². The average molecular weight is 254 g/mol. The van der Waals surface area contributed by atoms with E-state index in [-0.39, 0.29) is 24.8 Å². The summed E-state index contributed by atoms with van der Waals surface area (Å²) in [5, 5.41) is 3.19. The first-order valence-corrected chi connectivity index (χ1v) is 6.57. The smallest absolute Gasteiger partial charge is 0.248 e. The summed E-state index contributed by atoms with van der Waals surface area (Å²) in [6, 6.07) is 5.82. The standard InChI is InChI=1S/C14H20F2N2/c1-17-13(12-6-2-3-8-18-12)9-11-5-4-7-14(15,16)10-11/h2-3,6,8,11,13,17H,4-5,7,9-10H2,1H3. The summed E-state index contributed by atoms with van der Waals surface area (Å²) < 4.78 is 26.8. The van der Waals surface area contributed by atoms with Crippen LogP contribution in [0.25, 0.3) is 0 Å². The van der Waals surface area contributed by atoms with Gasteiger partial charge in [0.2, 0.25) is 5.92 Å². The summed E-state index contributed by atoms with van der Waals surface area (Å²) in [5.74, 6) is -2.38. The summed E-state index contributed by atoms with van der Waals surface area (Å²) in [4.78, 5) is 4.30. The first kappa shape index (κ1) is 13.4. The Balaban J connectivity index is 1.98. The highest BCUT2D eigenvalue weighted by Gasteiger charge is 2.36. The van der Waals surface area contributed by atoms with Gasteiger partial charge in [-0.05, 0) is 44.4 Å². The predicted octanol–water partition coefficient (Wildman–Crippen LogP) is 3.56. The molecule has 100 valence electrons. The maximum atomic E-state index is 13.4.